The molecule has 0 aliphatic carbocycles. The molecule has 0 radical (unpaired) electrons. The van der Waals surface area contributed by atoms with Crippen LogP contribution in [0, 0.1) is 3.57 Å². The van der Waals surface area contributed by atoms with E-state index in [9.17, 15) is 13.2 Å². The van der Waals surface area contributed by atoms with Crippen molar-refractivity contribution in [2.45, 2.75) is 0 Å². The van der Waals surface area contributed by atoms with Gasteiger partial charge in [0.15, 0.2) is 9.84 Å². The summed E-state index contributed by atoms with van der Waals surface area (Å²) in [7, 11) is -2.93. The summed E-state index contributed by atoms with van der Waals surface area (Å²) < 4.78 is 23.5. The van der Waals surface area contributed by atoms with Crippen LogP contribution in [0.1, 0.15) is 10.4 Å². The van der Waals surface area contributed by atoms with Gasteiger partial charge in [0, 0.05) is 22.2 Å². The molecular formula is C11H12INO3S. The fraction of sp³-hybridized carbons (Fsp3) is 0.364. The Morgan fingerprint density at radius 2 is 1.88 bits per heavy atom. The number of nitrogens with zero attached hydrogens (tertiary/aromatic N) is 1. The van der Waals surface area contributed by atoms with Crippen molar-refractivity contribution < 1.29 is 13.2 Å². The number of hydrogen-bond donors (Lipinski definition) is 0. The quantitative estimate of drug-likeness (QED) is 0.702. The second-order valence-corrected chi connectivity index (χ2v) is 7.50. The van der Waals surface area contributed by atoms with Crippen molar-refractivity contribution in [2.75, 3.05) is 24.6 Å². The van der Waals surface area contributed by atoms with Crippen molar-refractivity contribution in [3.63, 3.8) is 0 Å². The van der Waals surface area contributed by atoms with Crippen LogP contribution in [0.15, 0.2) is 24.3 Å². The van der Waals surface area contributed by atoms with Crippen molar-refractivity contribution in [3.8, 4) is 0 Å². The molecule has 6 heteroatoms. The van der Waals surface area contributed by atoms with Gasteiger partial charge in [0.25, 0.3) is 5.91 Å². The lowest BCUT2D eigenvalue weighted by molar-refractivity contribution is 0.0770. The summed E-state index contributed by atoms with van der Waals surface area (Å²) >= 11 is 2.15. The molecule has 1 fully saturated rings. The Morgan fingerprint density at radius 1 is 1.24 bits per heavy atom. The largest absolute Gasteiger partial charge is 0.337 e. The summed E-state index contributed by atoms with van der Waals surface area (Å²) in [6.07, 6.45) is 0. The molecule has 1 heterocycles. The summed E-state index contributed by atoms with van der Waals surface area (Å²) in [6.45, 7) is 0.597. The molecule has 1 saturated heterocycles. The lowest BCUT2D eigenvalue weighted by Gasteiger charge is -2.26. The molecule has 1 aliphatic rings. The molecule has 0 spiro atoms. The van der Waals surface area contributed by atoms with Crippen LogP contribution in [0.4, 0.5) is 0 Å². The van der Waals surface area contributed by atoms with E-state index in [1.54, 1.807) is 11.0 Å². The average Bonchev–Trinajstić information content (AvgIpc) is 2.28. The predicted molar refractivity (Wildman–Crippen MR) is 73.7 cm³/mol. The molecule has 17 heavy (non-hydrogen) atoms. The predicted octanol–water partition coefficient (Wildman–Crippen LogP) is 1.16. The van der Waals surface area contributed by atoms with Gasteiger partial charge in [0.05, 0.1) is 11.5 Å². The summed E-state index contributed by atoms with van der Waals surface area (Å²) in [4.78, 5) is 13.7. The van der Waals surface area contributed by atoms with Crippen LogP contribution in [-0.2, 0) is 9.84 Å². The first-order valence-electron chi connectivity index (χ1n) is 5.23. The highest BCUT2D eigenvalue weighted by molar-refractivity contribution is 14.1. The number of amides is 1. The summed E-state index contributed by atoms with van der Waals surface area (Å²) in [6, 6.07) is 7.31. The smallest absolute Gasteiger partial charge is 0.253 e. The highest BCUT2D eigenvalue weighted by atomic mass is 127. The summed E-state index contributed by atoms with van der Waals surface area (Å²) in [5, 5.41) is 0. The third-order valence-corrected chi connectivity index (χ3v) is 4.98. The van der Waals surface area contributed by atoms with Gasteiger partial charge in [-0.3, -0.25) is 4.79 Å². The molecule has 0 N–H and O–H groups in total. The third-order valence-electron chi connectivity index (χ3n) is 2.70. The fourth-order valence-corrected chi connectivity index (χ4v) is 3.46. The zero-order valence-electron chi connectivity index (χ0n) is 9.10. The Morgan fingerprint density at radius 3 is 2.47 bits per heavy atom. The molecular weight excluding hydrogens is 353 g/mol. The second kappa shape index (κ2) is 4.93. The molecule has 92 valence electrons. The van der Waals surface area contributed by atoms with Gasteiger partial charge in [0.2, 0.25) is 0 Å². The molecule has 1 aromatic carbocycles. The van der Waals surface area contributed by atoms with E-state index < -0.39 is 9.84 Å². The van der Waals surface area contributed by atoms with Gasteiger partial charge in [-0.05, 0) is 40.8 Å². The summed E-state index contributed by atoms with van der Waals surface area (Å²) in [5.74, 6) is 0.0594. The van der Waals surface area contributed by atoms with Gasteiger partial charge in [-0.1, -0.05) is 6.07 Å². The van der Waals surface area contributed by atoms with E-state index in [-0.39, 0.29) is 17.4 Å². The lowest BCUT2D eigenvalue weighted by Crippen LogP contribution is -2.43. The van der Waals surface area contributed by atoms with E-state index in [1.807, 2.05) is 18.2 Å². The van der Waals surface area contributed by atoms with Crippen molar-refractivity contribution in [1.82, 2.24) is 4.90 Å². The molecule has 1 aliphatic heterocycles. The van der Waals surface area contributed by atoms with Crippen LogP contribution in [0.25, 0.3) is 0 Å². The van der Waals surface area contributed by atoms with Crippen LogP contribution < -0.4 is 0 Å². The minimum absolute atomic E-state index is 0.0721. The van der Waals surface area contributed by atoms with Crippen molar-refractivity contribution in [3.05, 3.63) is 33.4 Å². The zero-order chi connectivity index (χ0) is 12.5. The van der Waals surface area contributed by atoms with Gasteiger partial charge in [-0.25, -0.2) is 8.42 Å². The van der Waals surface area contributed by atoms with Crippen molar-refractivity contribution >= 4 is 38.3 Å². The fourth-order valence-electron chi connectivity index (χ4n) is 1.72. The molecule has 4 nitrogen and oxygen atoms in total. The maximum absolute atomic E-state index is 12.1. The lowest BCUT2D eigenvalue weighted by atomic mass is 10.2. The van der Waals surface area contributed by atoms with E-state index in [0.717, 1.165) is 3.57 Å². The minimum Gasteiger partial charge on any atom is -0.337 e. The number of rotatable bonds is 1. The van der Waals surface area contributed by atoms with E-state index >= 15 is 0 Å². The third kappa shape index (κ3) is 3.19. The molecule has 2 rings (SSSR count). The maximum Gasteiger partial charge on any atom is 0.253 e. The van der Waals surface area contributed by atoms with Crippen molar-refractivity contribution in [2.24, 2.45) is 0 Å². The highest BCUT2D eigenvalue weighted by Gasteiger charge is 2.25. The first-order chi connectivity index (χ1) is 7.98. The first-order valence-corrected chi connectivity index (χ1v) is 8.13. The monoisotopic (exact) mass is 365 g/mol. The molecule has 0 unspecified atom stereocenters. The molecule has 1 aromatic rings. The van der Waals surface area contributed by atoms with Gasteiger partial charge >= 0.3 is 0 Å². The first kappa shape index (κ1) is 12.8. The standard InChI is InChI=1S/C11H12INO3S/c12-10-3-1-2-9(8-10)11(14)13-4-6-17(15,16)7-5-13/h1-3,8H,4-7H2. The summed E-state index contributed by atoms with van der Waals surface area (Å²) in [5.41, 5.74) is 0.621. The Bertz CT molecular complexity index is 527. The molecule has 0 atom stereocenters. The Labute approximate surface area is 114 Å². The Kier molecular flexibility index (Phi) is 3.72. The van der Waals surface area contributed by atoms with Gasteiger partial charge < -0.3 is 4.90 Å². The number of halogens is 1. The van der Waals surface area contributed by atoms with Gasteiger partial charge in [-0.15, -0.1) is 0 Å². The Hall–Kier alpha value is -0.630. The topological polar surface area (TPSA) is 54.5 Å². The van der Waals surface area contributed by atoms with Crippen LogP contribution >= 0.6 is 22.6 Å². The van der Waals surface area contributed by atoms with Crippen LogP contribution in [0.3, 0.4) is 0 Å². The van der Waals surface area contributed by atoms with E-state index in [1.165, 1.54) is 0 Å². The van der Waals surface area contributed by atoms with Crippen LogP contribution in [0.2, 0.25) is 0 Å². The average molecular weight is 365 g/mol. The molecule has 0 bridgehead atoms. The molecule has 0 aromatic heterocycles. The molecule has 0 saturated carbocycles. The zero-order valence-corrected chi connectivity index (χ0v) is 12.1. The highest BCUT2D eigenvalue weighted by Crippen LogP contribution is 2.12. The Balaban J connectivity index is 2.12. The molecule has 1 amide bonds. The number of hydrogen-bond acceptors (Lipinski definition) is 3. The maximum atomic E-state index is 12.1. The second-order valence-electron chi connectivity index (χ2n) is 3.95. The van der Waals surface area contributed by atoms with Gasteiger partial charge in [-0.2, -0.15) is 0 Å². The van der Waals surface area contributed by atoms with E-state index in [4.69, 9.17) is 0 Å². The van der Waals surface area contributed by atoms with Gasteiger partial charge in [0.1, 0.15) is 0 Å². The number of carbonyl (C=O) groups is 1. The normalized spacial score (nSPS) is 19.0. The van der Waals surface area contributed by atoms with Crippen LogP contribution in [-0.4, -0.2) is 43.8 Å². The van der Waals surface area contributed by atoms with Crippen molar-refractivity contribution in [1.29, 1.82) is 0 Å². The SMILES string of the molecule is O=C(c1cccc(I)c1)N1CCS(=O)(=O)CC1. The van der Waals surface area contributed by atoms with E-state index in [0.29, 0.717) is 18.7 Å². The van der Waals surface area contributed by atoms with Crippen LogP contribution in [0.5, 0.6) is 0 Å². The van der Waals surface area contributed by atoms with E-state index in [2.05, 4.69) is 22.6 Å². The number of sulfone groups is 1. The number of carbonyl (C=O) groups excluding carboxylic acids is 1. The number of benzene rings is 1. The minimum atomic E-state index is -2.93.